The molecule has 0 bridgehead atoms. The molecule has 102 valence electrons. The fourth-order valence-electron chi connectivity index (χ4n) is 3.06. The molecular weight excluding hydrogens is 278 g/mol. The van der Waals surface area contributed by atoms with Gasteiger partial charge >= 0.3 is 0 Å². The maximum atomic E-state index is 6.11. The Morgan fingerprint density at radius 1 is 0.810 bits per heavy atom. The van der Waals surface area contributed by atoms with E-state index in [-0.39, 0.29) is 0 Å². The fourth-order valence-corrected chi connectivity index (χ4v) is 3.24. The van der Waals surface area contributed by atoms with Gasteiger partial charge < -0.3 is 0 Å². The molecule has 0 amide bonds. The largest absolute Gasteiger partial charge is 0.247 e. The molecule has 21 heavy (non-hydrogen) atoms. The molecular formula is C19H14ClN. The van der Waals surface area contributed by atoms with Gasteiger partial charge in [0.1, 0.15) is 0 Å². The average Bonchev–Trinajstić information content (AvgIpc) is 2.51. The van der Waals surface area contributed by atoms with E-state index in [1.165, 1.54) is 27.3 Å². The summed E-state index contributed by atoms with van der Waals surface area (Å²) in [6.07, 6.45) is 0. The zero-order chi connectivity index (χ0) is 14.6. The van der Waals surface area contributed by atoms with Crippen molar-refractivity contribution < 1.29 is 0 Å². The Labute approximate surface area is 128 Å². The van der Waals surface area contributed by atoms with Crippen molar-refractivity contribution in [3.05, 3.63) is 64.7 Å². The van der Waals surface area contributed by atoms with Crippen LogP contribution in [0.3, 0.4) is 0 Å². The van der Waals surface area contributed by atoms with Crippen molar-refractivity contribution in [3.8, 4) is 0 Å². The zero-order valence-electron chi connectivity index (χ0n) is 11.9. The number of fused-ring (bicyclic) bond motifs is 4. The third-order valence-electron chi connectivity index (χ3n) is 4.33. The Morgan fingerprint density at radius 3 is 2.33 bits per heavy atom. The van der Waals surface area contributed by atoms with Crippen LogP contribution in [0, 0.1) is 13.8 Å². The molecule has 0 aliphatic rings. The highest BCUT2D eigenvalue weighted by Gasteiger charge is 2.10. The number of rotatable bonds is 0. The molecule has 4 aromatic rings. The summed E-state index contributed by atoms with van der Waals surface area (Å²) >= 11 is 6.11. The van der Waals surface area contributed by atoms with E-state index in [0.29, 0.717) is 0 Å². The van der Waals surface area contributed by atoms with Crippen LogP contribution in [0.25, 0.3) is 32.6 Å². The van der Waals surface area contributed by atoms with Crippen LogP contribution >= 0.6 is 11.6 Å². The molecule has 0 fully saturated rings. The predicted molar refractivity (Wildman–Crippen MR) is 91.2 cm³/mol. The van der Waals surface area contributed by atoms with Crippen molar-refractivity contribution in [3.63, 3.8) is 0 Å². The Morgan fingerprint density at radius 2 is 1.52 bits per heavy atom. The van der Waals surface area contributed by atoms with Crippen LogP contribution in [0.2, 0.25) is 5.02 Å². The first-order valence-corrected chi connectivity index (χ1v) is 7.41. The van der Waals surface area contributed by atoms with Crippen LogP contribution in [0.15, 0.2) is 48.5 Å². The normalized spacial score (nSPS) is 11.6. The number of hydrogen-bond donors (Lipinski definition) is 0. The molecule has 0 radical (unpaired) electrons. The minimum absolute atomic E-state index is 0.749. The lowest BCUT2D eigenvalue weighted by Crippen LogP contribution is -1.91. The van der Waals surface area contributed by atoms with E-state index >= 15 is 0 Å². The maximum absolute atomic E-state index is 6.11. The van der Waals surface area contributed by atoms with Crippen LogP contribution in [0.1, 0.15) is 11.1 Å². The van der Waals surface area contributed by atoms with E-state index in [2.05, 4.69) is 44.2 Å². The standard InChI is InChI=1S/C19H14ClN/c1-11-12(2)17-10-13-9-14(20)7-8-18(13)21-19(17)16-6-4-3-5-15(11)16/h3-10H,1-2H3. The minimum Gasteiger partial charge on any atom is -0.247 e. The topological polar surface area (TPSA) is 12.9 Å². The molecule has 0 unspecified atom stereocenters. The Kier molecular flexibility index (Phi) is 2.66. The van der Waals surface area contributed by atoms with E-state index < -0.39 is 0 Å². The van der Waals surface area contributed by atoms with Crippen molar-refractivity contribution in [2.75, 3.05) is 0 Å². The monoisotopic (exact) mass is 291 g/mol. The lowest BCUT2D eigenvalue weighted by atomic mass is 9.95. The minimum atomic E-state index is 0.749. The molecule has 4 rings (SSSR count). The van der Waals surface area contributed by atoms with Gasteiger partial charge in [-0.15, -0.1) is 0 Å². The molecule has 0 N–H and O–H groups in total. The summed E-state index contributed by atoms with van der Waals surface area (Å²) < 4.78 is 0. The molecule has 0 saturated heterocycles. The van der Waals surface area contributed by atoms with Gasteiger partial charge in [0.15, 0.2) is 0 Å². The van der Waals surface area contributed by atoms with Crippen molar-refractivity contribution in [2.24, 2.45) is 0 Å². The van der Waals surface area contributed by atoms with E-state index in [1.807, 2.05) is 18.2 Å². The molecule has 0 atom stereocenters. The Balaban J connectivity index is 2.29. The number of aryl methyl sites for hydroxylation is 2. The highest BCUT2D eigenvalue weighted by molar-refractivity contribution is 6.31. The van der Waals surface area contributed by atoms with E-state index in [9.17, 15) is 0 Å². The highest BCUT2D eigenvalue weighted by Crippen LogP contribution is 2.33. The van der Waals surface area contributed by atoms with Gasteiger partial charge in [0.2, 0.25) is 0 Å². The van der Waals surface area contributed by atoms with Crippen LogP contribution in [-0.2, 0) is 0 Å². The molecule has 1 nitrogen and oxygen atoms in total. The SMILES string of the molecule is Cc1c(C)c2cc3cc(Cl)ccc3nc2c2ccccc12. The molecule has 2 heteroatoms. The van der Waals surface area contributed by atoms with Gasteiger partial charge in [-0.25, -0.2) is 4.98 Å². The van der Waals surface area contributed by atoms with E-state index in [1.54, 1.807) is 0 Å². The van der Waals surface area contributed by atoms with Crippen molar-refractivity contribution in [1.29, 1.82) is 0 Å². The van der Waals surface area contributed by atoms with Crippen LogP contribution in [-0.4, -0.2) is 4.98 Å². The molecule has 0 saturated carbocycles. The first-order chi connectivity index (χ1) is 10.1. The lowest BCUT2D eigenvalue weighted by molar-refractivity contribution is 1.40. The summed E-state index contributed by atoms with van der Waals surface area (Å²) in [5, 5.41) is 5.54. The summed E-state index contributed by atoms with van der Waals surface area (Å²) in [4.78, 5) is 4.89. The molecule has 1 aromatic heterocycles. The number of halogens is 1. The summed E-state index contributed by atoms with van der Waals surface area (Å²) in [7, 11) is 0. The molecule has 3 aromatic carbocycles. The average molecular weight is 292 g/mol. The summed E-state index contributed by atoms with van der Waals surface area (Å²) in [5.41, 5.74) is 4.67. The smallest absolute Gasteiger partial charge is 0.0790 e. The number of nitrogens with zero attached hydrogens (tertiary/aromatic N) is 1. The Bertz CT molecular complexity index is 1020. The quantitative estimate of drug-likeness (QED) is 0.294. The fraction of sp³-hybridized carbons (Fsp3) is 0.105. The number of benzene rings is 3. The van der Waals surface area contributed by atoms with Crippen LogP contribution < -0.4 is 0 Å². The summed E-state index contributed by atoms with van der Waals surface area (Å²) in [5.74, 6) is 0. The summed E-state index contributed by atoms with van der Waals surface area (Å²) in [6.45, 7) is 4.35. The van der Waals surface area contributed by atoms with Gasteiger partial charge in [-0.1, -0.05) is 35.9 Å². The first kappa shape index (κ1) is 12.6. The number of pyridine rings is 1. The maximum Gasteiger partial charge on any atom is 0.0790 e. The summed E-state index contributed by atoms with van der Waals surface area (Å²) in [6, 6.07) is 16.5. The predicted octanol–water partition coefficient (Wildman–Crippen LogP) is 5.81. The van der Waals surface area contributed by atoms with Crippen molar-refractivity contribution >= 4 is 44.2 Å². The molecule has 1 heterocycles. The van der Waals surface area contributed by atoms with E-state index in [4.69, 9.17) is 16.6 Å². The second-order valence-electron chi connectivity index (χ2n) is 5.52. The van der Waals surface area contributed by atoms with Gasteiger partial charge in [0.25, 0.3) is 0 Å². The van der Waals surface area contributed by atoms with Crippen LogP contribution in [0.5, 0.6) is 0 Å². The first-order valence-electron chi connectivity index (χ1n) is 7.03. The Hall–Kier alpha value is -2.12. The molecule has 0 spiro atoms. The van der Waals surface area contributed by atoms with Gasteiger partial charge in [-0.2, -0.15) is 0 Å². The number of hydrogen-bond acceptors (Lipinski definition) is 1. The van der Waals surface area contributed by atoms with Crippen molar-refractivity contribution in [1.82, 2.24) is 4.98 Å². The molecule has 0 aliphatic heterocycles. The van der Waals surface area contributed by atoms with Crippen LogP contribution in [0.4, 0.5) is 0 Å². The van der Waals surface area contributed by atoms with Crippen molar-refractivity contribution in [2.45, 2.75) is 13.8 Å². The zero-order valence-corrected chi connectivity index (χ0v) is 12.7. The second-order valence-corrected chi connectivity index (χ2v) is 5.95. The second kappa shape index (κ2) is 4.44. The highest BCUT2D eigenvalue weighted by atomic mass is 35.5. The lowest BCUT2D eigenvalue weighted by Gasteiger charge is -2.12. The third-order valence-corrected chi connectivity index (χ3v) is 4.56. The van der Waals surface area contributed by atoms with Gasteiger partial charge in [0.05, 0.1) is 11.0 Å². The van der Waals surface area contributed by atoms with Gasteiger partial charge in [-0.05, 0) is 54.6 Å². The third kappa shape index (κ3) is 1.81. The molecule has 0 aliphatic carbocycles. The van der Waals surface area contributed by atoms with Gasteiger partial charge in [-0.3, -0.25) is 0 Å². The van der Waals surface area contributed by atoms with Gasteiger partial charge in [0, 0.05) is 21.2 Å². The van der Waals surface area contributed by atoms with E-state index in [0.717, 1.165) is 21.4 Å². The number of aromatic nitrogens is 1.